The van der Waals surface area contributed by atoms with Crippen LogP contribution in [0.2, 0.25) is 0 Å². The number of fused-ring (bicyclic) bond motifs is 1. The highest BCUT2D eigenvalue weighted by Gasteiger charge is 2.18. The average molecular weight is 455 g/mol. The molecule has 0 saturated heterocycles. The summed E-state index contributed by atoms with van der Waals surface area (Å²) in [6.07, 6.45) is 3.25. The summed E-state index contributed by atoms with van der Waals surface area (Å²) < 4.78 is 13.2. The van der Waals surface area contributed by atoms with Crippen LogP contribution in [0.4, 0.5) is 0 Å². The van der Waals surface area contributed by atoms with E-state index in [0.29, 0.717) is 0 Å². The molecule has 0 aliphatic heterocycles. The second kappa shape index (κ2) is 10.6. The molecule has 0 atom stereocenters. The van der Waals surface area contributed by atoms with E-state index >= 15 is 0 Å². The quantitative estimate of drug-likeness (QED) is 0.285. The van der Waals surface area contributed by atoms with Crippen LogP contribution in [0.3, 0.4) is 0 Å². The first-order valence-electron chi connectivity index (χ1n) is 11.8. The molecule has 0 aliphatic carbocycles. The molecule has 0 spiro atoms. The Morgan fingerprint density at radius 1 is 0.794 bits per heavy atom. The van der Waals surface area contributed by atoms with Crippen molar-refractivity contribution in [2.75, 3.05) is 34.9 Å². The summed E-state index contributed by atoms with van der Waals surface area (Å²) in [6.45, 7) is 4.19. The second-order valence-corrected chi connectivity index (χ2v) is 8.72. The first kappa shape index (κ1) is 23.7. The van der Waals surface area contributed by atoms with Crippen molar-refractivity contribution in [3.8, 4) is 11.5 Å². The van der Waals surface area contributed by atoms with Gasteiger partial charge in [0.2, 0.25) is 0 Å². The number of ether oxygens (including phenoxy) is 2. The lowest BCUT2D eigenvalue weighted by atomic mass is 9.88. The smallest absolute Gasteiger partial charge is 0.118 e. The van der Waals surface area contributed by atoms with E-state index < -0.39 is 0 Å². The van der Waals surface area contributed by atoms with Gasteiger partial charge in [0.15, 0.2) is 0 Å². The van der Waals surface area contributed by atoms with Crippen LogP contribution in [0.25, 0.3) is 22.0 Å². The summed E-state index contributed by atoms with van der Waals surface area (Å²) in [4.78, 5) is 2.23. The molecule has 0 saturated carbocycles. The van der Waals surface area contributed by atoms with Crippen molar-refractivity contribution in [3.05, 3.63) is 95.7 Å². The van der Waals surface area contributed by atoms with Crippen molar-refractivity contribution in [2.45, 2.75) is 19.9 Å². The maximum atomic E-state index is 5.42. The number of benzene rings is 3. The number of hydrogen-bond acceptors (Lipinski definition) is 3. The number of para-hydroxylation sites is 1. The number of methoxy groups -OCH3 is 2. The molecule has 0 unspecified atom stereocenters. The van der Waals surface area contributed by atoms with Crippen LogP contribution in [0.15, 0.2) is 79.0 Å². The van der Waals surface area contributed by atoms with Gasteiger partial charge in [-0.1, -0.05) is 49.4 Å². The van der Waals surface area contributed by atoms with Gasteiger partial charge in [-0.3, -0.25) is 0 Å². The van der Waals surface area contributed by atoms with Crippen molar-refractivity contribution < 1.29 is 9.47 Å². The molecule has 0 aliphatic rings. The fraction of sp³-hybridized carbons (Fsp3) is 0.267. The Bertz CT molecular complexity index is 1220. The fourth-order valence-electron chi connectivity index (χ4n) is 4.51. The minimum Gasteiger partial charge on any atom is -0.497 e. The molecule has 0 radical (unpaired) electrons. The van der Waals surface area contributed by atoms with Crippen LogP contribution in [-0.4, -0.2) is 44.3 Å². The van der Waals surface area contributed by atoms with Crippen molar-refractivity contribution in [2.24, 2.45) is 0 Å². The Morgan fingerprint density at radius 3 is 1.85 bits per heavy atom. The van der Waals surface area contributed by atoms with Gasteiger partial charge in [-0.2, -0.15) is 0 Å². The molecule has 0 bridgehead atoms. The van der Waals surface area contributed by atoms with E-state index in [1.165, 1.54) is 38.7 Å². The highest BCUT2D eigenvalue weighted by atomic mass is 16.5. The molecule has 4 rings (SSSR count). The summed E-state index contributed by atoms with van der Waals surface area (Å²) in [5, 5.41) is 1.29. The van der Waals surface area contributed by atoms with Crippen LogP contribution in [0.5, 0.6) is 11.5 Å². The van der Waals surface area contributed by atoms with Gasteiger partial charge in [0.1, 0.15) is 11.5 Å². The van der Waals surface area contributed by atoms with Crippen LogP contribution < -0.4 is 9.47 Å². The Hall–Kier alpha value is -3.50. The van der Waals surface area contributed by atoms with Crippen LogP contribution in [0.1, 0.15) is 30.0 Å². The number of nitrogens with zero attached hydrogens (tertiary/aromatic N) is 2. The molecular formula is C30H34N2O2. The summed E-state index contributed by atoms with van der Waals surface area (Å²) in [6, 6.07) is 25.5. The van der Waals surface area contributed by atoms with Crippen LogP contribution in [-0.2, 0) is 6.54 Å². The zero-order chi connectivity index (χ0) is 24.1. The van der Waals surface area contributed by atoms with Crippen LogP contribution >= 0.6 is 0 Å². The molecule has 1 heterocycles. The molecule has 34 heavy (non-hydrogen) atoms. The molecule has 3 aromatic carbocycles. The van der Waals surface area contributed by atoms with E-state index in [0.717, 1.165) is 31.0 Å². The predicted molar refractivity (Wildman–Crippen MR) is 143 cm³/mol. The predicted octanol–water partition coefficient (Wildman–Crippen LogP) is 6.59. The minimum atomic E-state index is 0.858. The largest absolute Gasteiger partial charge is 0.497 e. The van der Waals surface area contributed by atoms with Crippen LogP contribution in [0, 0.1) is 0 Å². The third-order valence-corrected chi connectivity index (χ3v) is 6.31. The van der Waals surface area contributed by atoms with Gasteiger partial charge in [0, 0.05) is 35.8 Å². The summed E-state index contributed by atoms with van der Waals surface area (Å²) in [5.74, 6) is 1.72. The number of rotatable bonds is 9. The topological polar surface area (TPSA) is 26.6 Å². The normalized spacial score (nSPS) is 11.1. The van der Waals surface area contributed by atoms with Gasteiger partial charge in [0.25, 0.3) is 0 Å². The number of likely N-dealkylation sites (N-methyl/N-ethyl adjacent to an activating group) is 1. The number of hydrogen-bond donors (Lipinski definition) is 0. The van der Waals surface area contributed by atoms with E-state index in [-0.39, 0.29) is 0 Å². The maximum absolute atomic E-state index is 5.42. The molecule has 176 valence electrons. The zero-order valence-corrected chi connectivity index (χ0v) is 20.8. The molecule has 0 amide bonds. The molecular weight excluding hydrogens is 420 g/mol. The van der Waals surface area contributed by atoms with Crippen molar-refractivity contribution in [1.29, 1.82) is 0 Å². The van der Waals surface area contributed by atoms with E-state index in [4.69, 9.17) is 9.47 Å². The minimum absolute atomic E-state index is 0.858. The van der Waals surface area contributed by atoms with Gasteiger partial charge in [0.05, 0.1) is 14.2 Å². The average Bonchev–Trinajstić information content (AvgIpc) is 3.24. The molecule has 0 fully saturated rings. The Labute approximate surface area is 203 Å². The van der Waals surface area contributed by atoms with Crippen molar-refractivity contribution >= 4 is 22.0 Å². The molecule has 0 N–H and O–H groups in total. The SMILES string of the molecule is CCC(=C(c1ccc(OC)cc1)c1ccc(OC)cc1)c1cn(CCN(C)C)c2ccccc12. The van der Waals surface area contributed by atoms with Gasteiger partial charge < -0.3 is 18.9 Å². The number of aromatic nitrogens is 1. The molecule has 1 aromatic heterocycles. The highest BCUT2D eigenvalue weighted by molar-refractivity contribution is 6.05. The third kappa shape index (κ3) is 4.87. The highest BCUT2D eigenvalue weighted by Crippen LogP contribution is 2.39. The van der Waals surface area contributed by atoms with Gasteiger partial charge in [-0.15, -0.1) is 0 Å². The Kier molecular flexibility index (Phi) is 7.39. The van der Waals surface area contributed by atoms with E-state index in [1.807, 2.05) is 24.3 Å². The molecule has 4 aromatic rings. The monoisotopic (exact) mass is 454 g/mol. The van der Waals surface area contributed by atoms with E-state index in [9.17, 15) is 0 Å². The van der Waals surface area contributed by atoms with Gasteiger partial charge in [-0.05, 0) is 73.1 Å². The summed E-state index contributed by atoms with van der Waals surface area (Å²) in [7, 11) is 7.65. The van der Waals surface area contributed by atoms with E-state index in [1.54, 1.807) is 14.2 Å². The third-order valence-electron chi connectivity index (χ3n) is 6.31. The fourth-order valence-corrected chi connectivity index (χ4v) is 4.51. The second-order valence-electron chi connectivity index (χ2n) is 8.72. The Balaban J connectivity index is 1.96. The lowest BCUT2D eigenvalue weighted by molar-refractivity contribution is 0.387. The number of allylic oxidation sites excluding steroid dienone is 1. The maximum Gasteiger partial charge on any atom is 0.118 e. The zero-order valence-electron chi connectivity index (χ0n) is 20.8. The van der Waals surface area contributed by atoms with Crippen molar-refractivity contribution in [1.82, 2.24) is 9.47 Å². The molecule has 4 heteroatoms. The first-order valence-corrected chi connectivity index (χ1v) is 11.8. The summed E-state index contributed by atoms with van der Waals surface area (Å²) >= 11 is 0. The van der Waals surface area contributed by atoms with Crippen molar-refractivity contribution in [3.63, 3.8) is 0 Å². The van der Waals surface area contributed by atoms with Gasteiger partial charge in [-0.25, -0.2) is 0 Å². The molecule has 4 nitrogen and oxygen atoms in total. The van der Waals surface area contributed by atoms with Gasteiger partial charge >= 0.3 is 0 Å². The standard InChI is InChI=1S/C30H34N2O2/c1-6-26(28-21-32(20-19-31(2)3)29-10-8-7-9-27(28)29)30(22-11-15-24(33-4)16-12-22)23-13-17-25(34-5)18-14-23/h7-18,21H,6,19-20H2,1-5H3. The lowest BCUT2D eigenvalue weighted by Crippen LogP contribution is -2.17. The Morgan fingerprint density at radius 2 is 1.35 bits per heavy atom. The summed E-state index contributed by atoms with van der Waals surface area (Å²) in [5.41, 5.74) is 7.48. The first-order chi connectivity index (χ1) is 16.5. The lowest BCUT2D eigenvalue weighted by Gasteiger charge is -2.17. The van der Waals surface area contributed by atoms with E-state index in [2.05, 4.69) is 85.2 Å².